The predicted octanol–water partition coefficient (Wildman–Crippen LogP) is 0.792. The molecule has 1 aliphatic heterocycles. The molecule has 0 spiro atoms. The van der Waals surface area contributed by atoms with Crippen molar-refractivity contribution in [1.82, 2.24) is 19.9 Å². The van der Waals surface area contributed by atoms with Crippen molar-refractivity contribution in [2.24, 2.45) is 0 Å². The number of aryl methyl sites for hydroxylation is 1. The number of aromatic nitrogens is 3. The molecule has 3 heterocycles. The number of nitrogens with one attached hydrogen (secondary N) is 2. The minimum atomic E-state index is -0.540. The molecule has 1 saturated heterocycles. The Labute approximate surface area is 144 Å². The summed E-state index contributed by atoms with van der Waals surface area (Å²) in [5, 5.41) is 3.12. The predicted molar refractivity (Wildman–Crippen MR) is 92.8 cm³/mol. The fraction of sp³-hybridized carbons (Fsp3) is 0.529. The third-order valence-corrected chi connectivity index (χ3v) is 4.42. The molecule has 0 bridgehead atoms. The van der Waals surface area contributed by atoms with E-state index < -0.39 is 11.2 Å². The van der Waals surface area contributed by atoms with E-state index in [9.17, 15) is 14.4 Å². The summed E-state index contributed by atoms with van der Waals surface area (Å²) < 4.78 is 6.98. The summed E-state index contributed by atoms with van der Waals surface area (Å²) in [5.41, 5.74) is -0.457. The molecular formula is C17H22N4O4. The number of carbonyl (C=O) groups is 1. The average molecular weight is 346 g/mol. The van der Waals surface area contributed by atoms with Gasteiger partial charge in [0.25, 0.3) is 11.5 Å². The molecule has 1 fully saturated rings. The minimum absolute atomic E-state index is 0.00972. The number of hydrogen-bond donors (Lipinski definition) is 2. The molecule has 3 rings (SSSR count). The molecule has 25 heavy (non-hydrogen) atoms. The smallest absolute Gasteiger partial charge is 0.329 e. The van der Waals surface area contributed by atoms with E-state index in [4.69, 9.17) is 4.74 Å². The molecular weight excluding hydrogens is 324 g/mol. The van der Waals surface area contributed by atoms with Crippen LogP contribution in [0.3, 0.4) is 0 Å². The van der Waals surface area contributed by atoms with E-state index in [-0.39, 0.29) is 29.0 Å². The molecule has 1 aliphatic rings. The van der Waals surface area contributed by atoms with Gasteiger partial charge in [-0.05, 0) is 32.3 Å². The number of hydrogen-bond acceptors (Lipinski definition) is 5. The average Bonchev–Trinajstić information content (AvgIpc) is 3.13. The lowest BCUT2D eigenvalue weighted by molar-refractivity contribution is 0.0712. The van der Waals surface area contributed by atoms with Crippen LogP contribution in [-0.2, 0) is 11.3 Å². The van der Waals surface area contributed by atoms with Crippen molar-refractivity contribution < 1.29 is 9.53 Å². The Morgan fingerprint density at radius 1 is 1.52 bits per heavy atom. The highest BCUT2D eigenvalue weighted by Crippen LogP contribution is 2.16. The van der Waals surface area contributed by atoms with E-state index in [0.717, 1.165) is 19.3 Å². The first-order valence-corrected chi connectivity index (χ1v) is 8.56. The first-order valence-electron chi connectivity index (χ1n) is 8.56. The number of nitrogens with zero attached hydrogens (tertiary/aromatic N) is 2. The van der Waals surface area contributed by atoms with E-state index >= 15 is 0 Å². The first-order chi connectivity index (χ1) is 12.0. The van der Waals surface area contributed by atoms with E-state index in [1.165, 1.54) is 16.8 Å². The number of amides is 1. The zero-order valence-corrected chi connectivity index (χ0v) is 14.4. The number of carbonyl (C=O) groups excluding carboxylic acids is 1. The number of ether oxygens (including phenoxy) is 1. The van der Waals surface area contributed by atoms with Gasteiger partial charge >= 0.3 is 5.69 Å². The summed E-state index contributed by atoms with van der Waals surface area (Å²) in [6, 6.07) is 1.35. The van der Waals surface area contributed by atoms with Crippen LogP contribution in [0.2, 0.25) is 0 Å². The van der Waals surface area contributed by atoms with Gasteiger partial charge in [0.2, 0.25) is 0 Å². The van der Waals surface area contributed by atoms with Crippen LogP contribution in [0.25, 0.3) is 11.0 Å². The second-order valence-corrected chi connectivity index (χ2v) is 6.32. The second-order valence-electron chi connectivity index (χ2n) is 6.32. The van der Waals surface area contributed by atoms with Crippen LogP contribution in [0.4, 0.5) is 0 Å². The van der Waals surface area contributed by atoms with Gasteiger partial charge in [0.1, 0.15) is 5.65 Å². The largest absolute Gasteiger partial charge is 0.376 e. The van der Waals surface area contributed by atoms with Crippen LogP contribution >= 0.6 is 0 Å². The standard InChI is InChI=1S/C17H22N4O4/c1-3-6-21-14-12(16(23)20-17(21)24)8-11(9-18-14)15(22)19-10(2)13-5-4-7-25-13/h8-10,13H,3-7H2,1-2H3,(H,19,22)(H,20,23,24). The molecule has 1 amide bonds. The normalized spacial score (nSPS) is 18.4. The highest BCUT2D eigenvalue weighted by atomic mass is 16.5. The van der Waals surface area contributed by atoms with Crippen molar-refractivity contribution in [3.8, 4) is 0 Å². The maximum atomic E-state index is 12.5. The summed E-state index contributed by atoms with van der Waals surface area (Å²) in [5.74, 6) is -0.315. The molecule has 0 saturated carbocycles. The van der Waals surface area contributed by atoms with E-state index in [1.807, 2.05) is 13.8 Å². The lowest BCUT2D eigenvalue weighted by Crippen LogP contribution is -2.41. The maximum absolute atomic E-state index is 12.5. The SMILES string of the molecule is CCCn1c(=O)[nH]c(=O)c2cc(C(=O)NC(C)C3CCCO3)cnc21. The van der Waals surface area contributed by atoms with Crippen LogP contribution in [0.5, 0.6) is 0 Å². The Balaban J connectivity index is 1.91. The van der Waals surface area contributed by atoms with E-state index in [0.29, 0.717) is 18.8 Å². The third kappa shape index (κ3) is 3.48. The number of pyridine rings is 1. The first kappa shape index (κ1) is 17.3. The molecule has 8 nitrogen and oxygen atoms in total. The van der Waals surface area contributed by atoms with Gasteiger partial charge < -0.3 is 10.1 Å². The molecule has 2 unspecified atom stereocenters. The molecule has 2 atom stereocenters. The van der Waals surface area contributed by atoms with Crippen molar-refractivity contribution in [2.45, 2.75) is 51.8 Å². The third-order valence-electron chi connectivity index (χ3n) is 4.42. The van der Waals surface area contributed by atoms with Crippen LogP contribution in [0.15, 0.2) is 21.9 Å². The van der Waals surface area contributed by atoms with Gasteiger partial charge in [-0.3, -0.25) is 19.1 Å². The zero-order chi connectivity index (χ0) is 18.0. The Morgan fingerprint density at radius 2 is 2.32 bits per heavy atom. The number of fused-ring (bicyclic) bond motifs is 1. The number of aromatic amines is 1. The molecule has 2 N–H and O–H groups in total. The maximum Gasteiger partial charge on any atom is 0.329 e. The lowest BCUT2D eigenvalue weighted by atomic mass is 10.1. The molecule has 2 aromatic rings. The summed E-state index contributed by atoms with van der Waals surface area (Å²) in [7, 11) is 0. The molecule has 0 aromatic carbocycles. The summed E-state index contributed by atoms with van der Waals surface area (Å²) in [6.45, 7) is 4.99. The Bertz CT molecular complexity index is 896. The number of rotatable bonds is 5. The molecule has 0 radical (unpaired) electrons. The summed E-state index contributed by atoms with van der Waals surface area (Å²) in [4.78, 5) is 43.0. The van der Waals surface area contributed by atoms with Gasteiger partial charge in [0.15, 0.2) is 0 Å². The van der Waals surface area contributed by atoms with Gasteiger partial charge in [-0.1, -0.05) is 6.92 Å². The van der Waals surface area contributed by atoms with Crippen LogP contribution in [0, 0.1) is 0 Å². The Kier molecular flexibility index (Phi) is 4.98. The van der Waals surface area contributed by atoms with E-state index in [1.54, 1.807) is 0 Å². The van der Waals surface area contributed by atoms with E-state index in [2.05, 4.69) is 15.3 Å². The van der Waals surface area contributed by atoms with Crippen molar-refractivity contribution >= 4 is 16.9 Å². The lowest BCUT2D eigenvalue weighted by Gasteiger charge is -2.20. The highest BCUT2D eigenvalue weighted by molar-refractivity contribution is 5.96. The Morgan fingerprint density at radius 3 is 3.00 bits per heavy atom. The van der Waals surface area contributed by atoms with Crippen LogP contribution < -0.4 is 16.6 Å². The molecule has 2 aromatic heterocycles. The summed E-state index contributed by atoms with van der Waals surface area (Å²) in [6.07, 6.45) is 4.04. The van der Waals surface area contributed by atoms with Crippen molar-refractivity contribution in [3.05, 3.63) is 38.7 Å². The molecule has 134 valence electrons. The van der Waals surface area contributed by atoms with Crippen LogP contribution in [-0.4, -0.2) is 39.2 Å². The van der Waals surface area contributed by atoms with Crippen molar-refractivity contribution in [3.63, 3.8) is 0 Å². The fourth-order valence-corrected chi connectivity index (χ4v) is 3.10. The van der Waals surface area contributed by atoms with Crippen molar-refractivity contribution in [1.29, 1.82) is 0 Å². The Hall–Kier alpha value is -2.48. The zero-order valence-electron chi connectivity index (χ0n) is 14.4. The summed E-state index contributed by atoms with van der Waals surface area (Å²) >= 11 is 0. The van der Waals surface area contributed by atoms with Gasteiger partial charge in [0, 0.05) is 19.3 Å². The van der Waals surface area contributed by atoms with Gasteiger partial charge in [0.05, 0.1) is 23.1 Å². The second kappa shape index (κ2) is 7.18. The minimum Gasteiger partial charge on any atom is -0.376 e. The number of H-pyrrole nitrogens is 1. The highest BCUT2D eigenvalue weighted by Gasteiger charge is 2.24. The van der Waals surface area contributed by atoms with Crippen molar-refractivity contribution in [2.75, 3.05) is 6.61 Å². The quantitative estimate of drug-likeness (QED) is 0.833. The monoisotopic (exact) mass is 346 g/mol. The van der Waals surface area contributed by atoms with Gasteiger partial charge in [-0.25, -0.2) is 9.78 Å². The van der Waals surface area contributed by atoms with Gasteiger partial charge in [-0.15, -0.1) is 0 Å². The van der Waals surface area contributed by atoms with Crippen LogP contribution in [0.1, 0.15) is 43.5 Å². The fourth-order valence-electron chi connectivity index (χ4n) is 3.10. The topological polar surface area (TPSA) is 106 Å². The van der Waals surface area contributed by atoms with Gasteiger partial charge in [-0.2, -0.15) is 0 Å². The molecule has 0 aliphatic carbocycles. The molecule has 8 heteroatoms.